The summed E-state index contributed by atoms with van der Waals surface area (Å²) in [7, 11) is 0. The Morgan fingerprint density at radius 1 is 0.778 bits per heavy atom. The van der Waals surface area contributed by atoms with Crippen LogP contribution in [-0.4, -0.2) is 59.4 Å². The SMILES string of the molecule is [C-]#[N+]CCOCCOCCOCCOCCC#N. The second-order valence-electron chi connectivity index (χ2n) is 3.24. The molecule has 0 rings (SSSR count). The van der Waals surface area contributed by atoms with Gasteiger partial charge in [0.05, 0.1) is 58.7 Å². The van der Waals surface area contributed by atoms with E-state index in [-0.39, 0.29) is 0 Å². The molecular formula is C12H20N2O4. The van der Waals surface area contributed by atoms with Crippen molar-refractivity contribution in [3.8, 4) is 6.07 Å². The fraction of sp³-hybridized carbons (Fsp3) is 0.833. The molecule has 0 aliphatic carbocycles. The van der Waals surface area contributed by atoms with Crippen LogP contribution in [0.1, 0.15) is 6.42 Å². The summed E-state index contributed by atoms with van der Waals surface area (Å²) < 4.78 is 20.7. The van der Waals surface area contributed by atoms with E-state index >= 15 is 0 Å². The van der Waals surface area contributed by atoms with Crippen molar-refractivity contribution in [1.29, 1.82) is 5.26 Å². The Bertz CT molecular complexity index is 221. The maximum Gasteiger partial charge on any atom is 0.237 e. The third-order valence-corrected chi connectivity index (χ3v) is 1.82. The van der Waals surface area contributed by atoms with Gasteiger partial charge in [-0.05, 0) is 0 Å². The first-order chi connectivity index (χ1) is 8.91. The van der Waals surface area contributed by atoms with Gasteiger partial charge in [0, 0.05) is 0 Å². The fourth-order valence-corrected chi connectivity index (χ4v) is 0.990. The van der Waals surface area contributed by atoms with Crippen LogP contribution in [0.4, 0.5) is 0 Å². The summed E-state index contributed by atoms with van der Waals surface area (Å²) in [5.74, 6) is 0. The van der Waals surface area contributed by atoms with Crippen LogP contribution >= 0.6 is 0 Å². The first-order valence-electron chi connectivity index (χ1n) is 5.93. The maximum atomic E-state index is 8.26. The molecule has 0 unspecified atom stereocenters. The van der Waals surface area contributed by atoms with Gasteiger partial charge in [-0.1, -0.05) is 0 Å². The lowest BCUT2D eigenvalue weighted by atomic mass is 10.5. The highest BCUT2D eigenvalue weighted by atomic mass is 16.6. The molecule has 0 heterocycles. The summed E-state index contributed by atoms with van der Waals surface area (Å²) in [5, 5.41) is 8.26. The van der Waals surface area contributed by atoms with Crippen molar-refractivity contribution in [1.82, 2.24) is 0 Å². The molecule has 6 heteroatoms. The van der Waals surface area contributed by atoms with Crippen molar-refractivity contribution in [3.05, 3.63) is 11.4 Å². The molecule has 0 spiro atoms. The molecule has 0 fully saturated rings. The molecule has 0 amide bonds. The van der Waals surface area contributed by atoms with E-state index in [1.165, 1.54) is 0 Å². The number of hydrogen-bond donors (Lipinski definition) is 0. The highest BCUT2D eigenvalue weighted by Crippen LogP contribution is 1.84. The van der Waals surface area contributed by atoms with Gasteiger partial charge in [0.1, 0.15) is 6.61 Å². The number of ether oxygens (including phenoxy) is 4. The van der Waals surface area contributed by atoms with Crippen LogP contribution in [0.5, 0.6) is 0 Å². The van der Waals surface area contributed by atoms with E-state index in [9.17, 15) is 0 Å². The molecule has 0 aliphatic rings. The number of hydrogen-bond acceptors (Lipinski definition) is 5. The molecule has 0 aromatic rings. The molecular weight excluding hydrogens is 236 g/mol. The van der Waals surface area contributed by atoms with Crippen molar-refractivity contribution in [3.63, 3.8) is 0 Å². The summed E-state index contributed by atoms with van der Waals surface area (Å²) in [6.07, 6.45) is 0.413. The Morgan fingerprint density at radius 3 is 1.67 bits per heavy atom. The van der Waals surface area contributed by atoms with E-state index in [0.717, 1.165) is 0 Å². The molecule has 102 valence electrons. The largest absolute Gasteiger partial charge is 0.378 e. The minimum Gasteiger partial charge on any atom is -0.378 e. The van der Waals surface area contributed by atoms with Gasteiger partial charge in [0.15, 0.2) is 0 Å². The van der Waals surface area contributed by atoms with E-state index in [2.05, 4.69) is 4.85 Å². The van der Waals surface area contributed by atoms with E-state index in [4.69, 9.17) is 30.8 Å². The first-order valence-corrected chi connectivity index (χ1v) is 5.93. The summed E-state index contributed by atoms with van der Waals surface area (Å²) in [6.45, 7) is 10.9. The Kier molecular flexibility index (Phi) is 14.8. The second kappa shape index (κ2) is 15.8. The third-order valence-electron chi connectivity index (χ3n) is 1.82. The van der Waals surface area contributed by atoms with Gasteiger partial charge in [0.25, 0.3) is 0 Å². The monoisotopic (exact) mass is 256 g/mol. The quantitative estimate of drug-likeness (QED) is 0.361. The van der Waals surface area contributed by atoms with E-state index in [0.29, 0.717) is 65.8 Å². The molecule has 0 atom stereocenters. The lowest BCUT2D eigenvalue weighted by Gasteiger charge is -2.06. The molecule has 0 saturated carbocycles. The zero-order valence-corrected chi connectivity index (χ0v) is 10.6. The van der Waals surface area contributed by atoms with Gasteiger partial charge in [-0.3, -0.25) is 0 Å². The van der Waals surface area contributed by atoms with Crippen LogP contribution in [0.2, 0.25) is 0 Å². The van der Waals surface area contributed by atoms with E-state index in [1.807, 2.05) is 6.07 Å². The topological polar surface area (TPSA) is 65.1 Å². The molecule has 0 aliphatic heterocycles. The normalized spacial score (nSPS) is 9.89. The highest BCUT2D eigenvalue weighted by molar-refractivity contribution is 4.66. The lowest BCUT2D eigenvalue weighted by molar-refractivity contribution is -0.0000278. The van der Waals surface area contributed by atoms with Gasteiger partial charge in [0.2, 0.25) is 6.54 Å². The smallest absolute Gasteiger partial charge is 0.237 e. The van der Waals surface area contributed by atoms with Crippen LogP contribution in [0.15, 0.2) is 0 Å². The fourth-order valence-electron chi connectivity index (χ4n) is 0.990. The third kappa shape index (κ3) is 14.8. The average molecular weight is 256 g/mol. The minimum absolute atomic E-state index is 0.398. The molecule has 0 bridgehead atoms. The van der Waals surface area contributed by atoms with E-state index in [1.54, 1.807) is 0 Å². The highest BCUT2D eigenvalue weighted by Gasteiger charge is 1.93. The Morgan fingerprint density at radius 2 is 1.22 bits per heavy atom. The van der Waals surface area contributed by atoms with Crippen molar-refractivity contribution in [2.75, 3.05) is 59.4 Å². The summed E-state index contributed by atoms with van der Waals surface area (Å²) in [6, 6.07) is 2.00. The Labute approximate surface area is 108 Å². The van der Waals surface area contributed by atoms with Crippen molar-refractivity contribution in [2.45, 2.75) is 6.42 Å². The lowest BCUT2D eigenvalue weighted by Crippen LogP contribution is -2.12. The zero-order valence-electron chi connectivity index (χ0n) is 10.6. The first kappa shape index (κ1) is 16.8. The molecule has 0 aromatic carbocycles. The summed E-state index contributed by atoms with van der Waals surface area (Å²) in [4.78, 5) is 3.16. The molecule has 18 heavy (non-hydrogen) atoms. The summed E-state index contributed by atoms with van der Waals surface area (Å²) >= 11 is 0. The number of nitrogens with zero attached hydrogens (tertiary/aromatic N) is 2. The summed E-state index contributed by atoms with van der Waals surface area (Å²) in [5.41, 5.74) is 0. The molecule has 0 aromatic heterocycles. The van der Waals surface area contributed by atoms with Gasteiger partial charge >= 0.3 is 0 Å². The minimum atomic E-state index is 0.398. The van der Waals surface area contributed by atoms with Crippen LogP contribution in [-0.2, 0) is 18.9 Å². The molecule has 6 nitrogen and oxygen atoms in total. The van der Waals surface area contributed by atoms with Gasteiger partial charge in [-0.25, -0.2) is 6.57 Å². The van der Waals surface area contributed by atoms with Crippen LogP contribution in [0.25, 0.3) is 4.85 Å². The predicted octanol–water partition coefficient (Wildman–Crippen LogP) is 0.886. The van der Waals surface area contributed by atoms with Gasteiger partial charge in [-0.15, -0.1) is 0 Å². The number of nitriles is 1. The Balaban J connectivity index is 2.91. The molecule has 0 saturated heterocycles. The zero-order chi connectivity index (χ0) is 13.3. The van der Waals surface area contributed by atoms with Crippen LogP contribution in [0.3, 0.4) is 0 Å². The van der Waals surface area contributed by atoms with Gasteiger partial charge < -0.3 is 23.8 Å². The average Bonchev–Trinajstić information content (AvgIpc) is 2.39. The van der Waals surface area contributed by atoms with Crippen molar-refractivity contribution < 1.29 is 18.9 Å². The number of rotatable bonds is 13. The Hall–Kier alpha value is -1.18. The standard InChI is InChI=1S/C12H20N2O4/c1-14-4-6-16-8-10-18-12-11-17-9-7-15-5-2-3-13/h2,4-12H2. The predicted molar refractivity (Wildman–Crippen MR) is 65.0 cm³/mol. The van der Waals surface area contributed by atoms with Crippen molar-refractivity contribution in [2.24, 2.45) is 0 Å². The second-order valence-corrected chi connectivity index (χ2v) is 3.24. The molecule has 0 radical (unpaired) electrons. The van der Waals surface area contributed by atoms with Crippen LogP contribution < -0.4 is 0 Å². The van der Waals surface area contributed by atoms with Crippen molar-refractivity contribution >= 4 is 0 Å². The van der Waals surface area contributed by atoms with Gasteiger partial charge in [-0.2, -0.15) is 5.26 Å². The van der Waals surface area contributed by atoms with E-state index < -0.39 is 0 Å². The maximum absolute atomic E-state index is 8.26. The van der Waals surface area contributed by atoms with Crippen LogP contribution in [0, 0.1) is 17.9 Å². The molecule has 0 N–H and O–H groups in total.